The summed E-state index contributed by atoms with van der Waals surface area (Å²) in [4.78, 5) is 24.4. The van der Waals surface area contributed by atoms with Gasteiger partial charge in [-0.05, 0) is 6.92 Å². The van der Waals surface area contributed by atoms with Crippen molar-refractivity contribution in [1.29, 1.82) is 0 Å². The monoisotopic (exact) mass is 349 g/mol. The summed E-state index contributed by atoms with van der Waals surface area (Å²) in [5, 5.41) is 3.21. The molecule has 0 fully saturated rings. The molecule has 3 heterocycles. The molecular weight excluding hydrogens is 326 g/mol. The molecular formula is C16H23N5O2S. The molecule has 1 atom stereocenters. The molecule has 0 saturated carbocycles. The Balaban J connectivity index is 1.62. The molecule has 0 aromatic carbocycles. The standard InChI is InChI=1S/C16H23N5O2S/c1-12-10-24-15(18-12)7-20-5-13-4-17-11-21(13)14(6-20)8-23-9-16(22)19(2)3/h4,10-11,14H,5-9H2,1-3H3/t14-/m0/s1. The molecule has 2 aromatic heterocycles. The fourth-order valence-corrected chi connectivity index (χ4v) is 3.61. The molecule has 0 N–H and O–H groups in total. The van der Waals surface area contributed by atoms with E-state index >= 15 is 0 Å². The van der Waals surface area contributed by atoms with Crippen LogP contribution in [0.1, 0.15) is 22.4 Å². The summed E-state index contributed by atoms with van der Waals surface area (Å²) in [7, 11) is 3.47. The molecule has 0 aliphatic carbocycles. The van der Waals surface area contributed by atoms with Gasteiger partial charge in [0.05, 0.1) is 31.2 Å². The number of thiazole rings is 1. The second kappa shape index (κ2) is 7.42. The fourth-order valence-electron chi connectivity index (χ4n) is 2.79. The van der Waals surface area contributed by atoms with Crippen molar-refractivity contribution in [1.82, 2.24) is 24.3 Å². The Labute approximate surface area is 145 Å². The van der Waals surface area contributed by atoms with E-state index in [2.05, 4.69) is 24.8 Å². The number of hydrogen-bond donors (Lipinski definition) is 0. The molecule has 1 aliphatic rings. The summed E-state index contributed by atoms with van der Waals surface area (Å²) in [5.41, 5.74) is 2.24. The van der Waals surface area contributed by atoms with E-state index < -0.39 is 0 Å². The van der Waals surface area contributed by atoms with Gasteiger partial charge in [0.1, 0.15) is 11.6 Å². The maximum atomic E-state index is 11.7. The first-order valence-electron chi connectivity index (χ1n) is 7.95. The summed E-state index contributed by atoms with van der Waals surface area (Å²) in [6.07, 6.45) is 3.75. The number of hydrogen-bond acceptors (Lipinski definition) is 6. The van der Waals surface area contributed by atoms with Gasteiger partial charge in [-0.25, -0.2) is 9.97 Å². The smallest absolute Gasteiger partial charge is 0.248 e. The van der Waals surface area contributed by atoms with Crippen LogP contribution < -0.4 is 0 Å². The number of aromatic nitrogens is 3. The quantitative estimate of drug-likeness (QED) is 0.787. The largest absolute Gasteiger partial charge is 0.369 e. The Morgan fingerprint density at radius 1 is 1.50 bits per heavy atom. The number of rotatable bonds is 6. The van der Waals surface area contributed by atoms with E-state index in [1.54, 1.807) is 30.3 Å². The molecule has 0 spiro atoms. The summed E-state index contributed by atoms with van der Waals surface area (Å²) in [6.45, 7) is 5.17. The summed E-state index contributed by atoms with van der Waals surface area (Å²) >= 11 is 1.70. The molecule has 8 heteroatoms. The minimum Gasteiger partial charge on any atom is -0.369 e. The van der Waals surface area contributed by atoms with Crippen LogP contribution in [-0.2, 0) is 22.6 Å². The van der Waals surface area contributed by atoms with Gasteiger partial charge in [-0.15, -0.1) is 11.3 Å². The third-order valence-corrected chi connectivity index (χ3v) is 5.01. The molecule has 3 rings (SSSR count). The third kappa shape index (κ3) is 4.00. The van der Waals surface area contributed by atoms with Gasteiger partial charge in [0.15, 0.2) is 0 Å². The minimum absolute atomic E-state index is 0.0215. The van der Waals surface area contributed by atoms with E-state index in [0.717, 1.165) is 30.3 Å². The number of aryl methyl sites for hydroxylation is 1. The zero-order valence-electron chi connectivity index (χ0n) is 14.3. The third-order valence-electron chi connectivity index (χ3n) is 4.05. The highest BCUT2D eigenvalue weighted by Gasteiger charge is 2.26. The highest BCUT2D eigenvalue weighted by Crippen LogP contribution is 2.23. The average molecular weight is 349 g/mol. The Hall–Kier alpha value is -1.77. The zero-order chi connectivity index (χ0) is 17.1. The predicted molar refractivity (Wildman–Crippen MR) is 91.7 cm³/mol. The van der Waals surface area contributed by atoms with Crippen LogP contribution in [0.25, 0.3) is 0 Å². The molecule has 0 bridgehead atoms. The first-order valence-corrected chi connectivity index (χ1v) is 8.83. The molecule has 0 radical (unpaired) electrons. The Morgan fingerprint density at radius 2 is 2.33 bits per heavy atom. The van der Waals surface area contributed by atoms with Crippen molar-refractivity contribution >= 4 is 17.2 Å². The van der Waals surface area contributed by atoms with Gasteiger partial charge in [0.2, 0.25) is 5.91 Å². The van der Waals surface area contributed by atoms with Gasteiger partial charge in [0.25, 0.3) is 0 Å². The summed E-state index contributed by atoms with van der Waals surface area (Å²) < 4.78 is 7.80. The zero-order valence-corrected chi connectivity index (χ0v) is 15.1. The van der Waals surface area contributed by atoms with Crippen LogP contribution in [0.2, 0.25) is 0 Å². The molecule has 0 saturated heterocycles. The molecule has 24 heavy (non-hydrogen) atoms. The number of imidazole rings is 1. The number of fused-ring (bicyclic) bond motifs is 1. The lowest BCUT2D eigenvalue weighted by Crippen LogP contribution is -2.39. The Morgan fingerprint density at radius 3 is 3.04 bits per heavy atom. The first-order chi connectivity index (χ1) is 11.5. The molecule has 7 nitrogen and oxygen atoms in total. The molecule has 1 amide bonds. The summed E-state index contributed by atoms with van der Waals surface area (Å²) in [6, 6.07) is 0.160. The van der Waals surface area contributed by atoms with Gasteiger partial charge in [0, 0.05) is 44.5 Å². The van der Waals surface area contributed by atoms with Gasteiger partial charge in [-0.1, -0.05) is 0 Å². The molecule has 1 aliphatic heterocycles. The predicted octanol–water partition coefficient (Wildman–Crippen LogP) is 1.31. The fraction of sp³-hybridized carbons (Fsp3) is 0.562. The van der Waals surface area contributed by atoms with Crippen molar-refractivity contribution in [3.63, 3.8) is 0 Å². The topological polar surface area (TPSA) is 63.5 Å². The number of carbonyl (C=O) groups is 1. The van der Waals surface area contributed by atoms with Gasteiger partial charge in [-0.3, -0.25) is 9.69 Å². The highest BCUT2D eigenvalue weighted by atomic mass is 32.1. The number of amides is 1. The van der Waals surface area contributed by atoms with Crippen molar-refractivity contribution < 1.29 is 9.53 Å². The Bertz CT molecular complexity index is 696. The number of nitrogens with zero attached hydrogens (tertiary/aromatic N) is 5. The number of likely N-dealkylation sites (N-methyl/N-ethyl adjacent to an activating group) is 1. The SMILES string of the molecule is Cc1csc(CN2Cc3cncn3[C@H](COCC(=O)N(C)C)C2)n1. The highest BCUT2D eigenvalue weighted by molar-refractivity contribution is 7.09. The van der Waals surface area contributed by atoms with E-state index in [0.29, 0.717) is 6.61 Å². The van der Waals surface area contributed by atoms with Crippen LogP contribution in [0.15, 0.2) is 17.9 Å². The van der Waals surface area contributed by atoms with E-state index in [1.807, 2.05) is 19.4 Å². The van der Waals surface area contributed by atoms with Crippen LogP contribution in [0.5, 0.6) is 0 Å². The van der Waals surface area contributed by atoms with Gasteiger partial charge in [-0.2, -0.15) is 0 Å². The van der Waals surface area contributed by atoms with E-state index in [9.17, 15) is 4.79 Å². The van der Waals surface area contributed by atoms with Crippen molar-refractivity contribution in [3.8, 4) is 0 Å². The first kappa shape index (κ1) is 17.1. The van der Waals surface area contributed by atoms with Crippen molar-refractivity contribution in [3.05, 3.63) is 34.3 Å². The summed E-state index contributed by atoms with van der Waals surface area (Å²) in [5.74, 6) is -0.0215. The van der Waals surface area contributed by atoms with Crippen LogP contribution in [0, 0.1) is 6.92 Å². The second-order valence-corrected chi connectivity index (χ2v) is 7.24. The number of ether oxygens (including phenoxy) is 1. The van der Waals surface area contributed by atoms with Crippen molar-refractivity contribution in [2.45, 2.75) is 26.1 Å². The van der Waals surface area contributed by atoms with Crippen molar-refractivity contribution in [2.75, 3.05) is 33.9 Å². The molecule has 0 unspecified atom stereocenters. The minimum atomic E-state index is -0.0215. The number of carbonyl (C=O) groups excluding carboxylic acids is 1. The van der Waals surface area contributed by atoms with Crippen LogP contribution in [0.4, 0.5) is 0 Å². The maximum Gasteiger partial charge on any atom is 0.248 e. The molecule has 2 aromatic rings. The van der Waals surface area contributed by atoms with Gasteiger partial charge >= 0.3 is 0 Å². The lowest BCUT2D eigenvalue weighted by atomic mass is 10.2. The average Bonchev–Trinajstić information content (AvgIpc) is 3.16. The molecule has 130 valence electrons. The van der Waals surface area contributed by atoms with Crippen LogP contribution >= 0.6 is 11.3 Å². The van der Waals surface area contributed by atoms with E-state index in [1.165, 1.54) is 5.69 Å². The van der Waals surface area contributed by atoms with E-state index in [-0.39, 0.29) is 18.6 Å². The lowest BCUT2D eigenvalue weighted by Gasteiger charge is -2.33. The van der Waals surface area contributed by atoms with Crippen molar-refractivity contribution in [2.24, 2.45) is 0 Å². The van der Waals surface area contributed by atoms with Crippen LogP contribution in [0.3, 0.4) is 0 Å². The normalized spacial score (nSPS) is 17.7. The van der Waals surface area contributed by atoms with Gasteiger partial charge < -0.3 is 14.2 Å². The maximum absolute atomic E-state index is 11.7. The Kier molecular flexibility index (Phi) is 5.27. The van der Waals surface area contributed by atoms with E-state index in [4.69, 9.17) is 4.74 Å². The second-order valence-electron chi connectivity index (χ2n) is 6.30. The van der Waals surface area contributed by atoms with Crippen LogP contribution in [-0.4, -0.2) is 64.1 Å². The lowest BCUT2D eigenvalue weighted by molar-refractivity contribution is -0.134.